The molecule has 2 saturated heterocycles. The van der Waals surface area contributed by atoms with E-state index in [1.165, 1.54) is 65.0 Å². The molecule has 4 heteroatoms. The van der Waals surface area contributed by atoms with Gasteiger partial charge in [0.05, 0.1) is 0 Å². The van der Waals surface area contributed by atoms with Crippen LogP contribution in [0.4, 0.5) is 0 Å². The molecule has 0 aromatic carbocycles. The van der Waals surface area contributed by atoms with E-state index in [4.69, 9.17) is 0 Å². The summed E-state index contributed by atoms with van der Waals surface area (Å²) in [5, 5.41) is 3.72. The Balaban J connectivity index is 1.53. The Morgan fingerprint density at radius 2 is 1.81 bits per heavy atom. The van der Waals surface area contributed by atoms with E-state index in [1.54, 1.807) is 0 Å². The molecule has 2 fully saturated rings. The van der Waals surface area contributed by atoms with Gasteiger partial charge in [0.1, 0.15) is 0 Å². The number of hydrogen-bond donors (Lipinski definition) is 1. The lowest BCUT2D eigenvalue weighted by Crippen LogP contribution is -2.42. The van der Waals surface area contributed by atoms with Crippen LogP contribution in [0.1, 0.15) is 25.7 Å². The van der Waals surface area contributed by atoms with Gasteiger partial charge in [-0.2, -0.15) is 0 Å². The van der Waals surface area contributed by atoms with Crippen LogP contribution >= 0.6 is 11.9 Å². The lowest BCUT2D eigenvalue weighted by Gasteiger charge is -2.31. The molecule has 0 unspecified atom stereocenters. The van der Waals surface area contributed by atoms with Gasteiger partial charge in [-0.25, -0.2) is 0 Å². The molecule has 0 aromatic heterocycles. The molecule has 0 atom stereocenters. The maximum atomic E-state index is 3.72. The molecule has 0 aliphatic carbocycles. The molecule has 0 aromatic rings. The molecule has 0 spiro atoms. The molecule has 2 heterocycles. The Morgan fingerprint density at radius 1 is 1.12 bits per heavy atom. The maximum Gasteiger partial charge on any atom is 0.0107 e. The van der Waals surface area contributed by atoms with Crippen molar-refractivity contribution in [2.45, 2.75) is 31.7 Å². The standard InChI is InChI=1S/C12H25N3S/c1-16-15-9-4-12(5-10-15)13-6-11-14-7-2-3-8-14/h12-13H,2-11H2,1H3. The van der Waals surface area contributed by atoms with Crippen molar-refractivity contribution in [3.8, 4) is 0 Å². The van der Waals surface area contributed by atoms with E-state index in [2.05, 4.69) is 20.8 Å². The predicted molar refractivity (Wildman–Crippen MR) is 71.8 cm³/mol. The van der Waals surface area contributed by atoms with Crippen LogP contribution in [-0.2, 0) is 0 Å². The molecule has 16 heavy (non-hydrogen) atoms. The van der Waals surface area contributed by atoms with E-state index in [-0.39, 0.29) is 0 Å². The molecule has 0 saturated carbocycles. The first-order valence-electron chi connectivity index (χ1n) is 6.63. The van der Waals surface area contributed by atoms with E-state index < -0.39 is 0 Å². The molecule has 2 aliphatic heterocycles. The van der Waals surface area contributed by atoms with Crippen LogP contribution in [0, 0.1) is 0 Å². The van der Waals surface area contributed by atoms with E-state index in [0.29, 0.717) is 0 Å². The van der Waals surface area contributed by atoms with E-state index in [0.717, 1.165) is 6.04 Å². The third-order valence-corrected chi connectivity index (χ3v) is 4.65. The number of hydrogen-bond acceptors (Lipinski definition) is 4. The fourth-order valence-electron chi connectivity index (χ4n) is 2.68. The summed E-state index contributed by atoms with van der Waals surface area (Å²) in [5.41, 5.74) is 0. The molecule has 0 bridgehead atoms. The second-order valence-corrected chi connectivity index (χ2v) is 5.77. The highest BCUT2D eigenvalue weighted by Gasteiger charge is 2.18. The van der Waals surface area contributed by atoms with Crippen molar-refractivity contribution in [3.63, 3.8) is 0 Å². The van der Waals surface area contributed by atoms with Gasteiger partial charge in [-0.1, -0.05) is 11.9 Å². The largest absolute Gasteiger partial charge is 0.313 e. The third kappa shape index (κ3) is 3.91. The predicted octanol–water partition coefficient (Wildman–Crippen LogP) is 1.41. The second kappa shape index (κ2) is 6.84. The summed E-state index contributed by atoms with van der Waals surface area (Å²) < 4.78 is 2.47. The van der Waals surface area contributed by atoms with Gasteiger partial charge in [-0.3, -0.25) is 4.31 Å². The molecular weight excluding hydrogens is 218 g/mol. The van der Waals surface area contributed by atoms with Crippen molar-refractivity contribution in [1.29, 1.82) is 0 Å². The van der Waals surface area contributed by atoms with E-state index in [1.807, 2.05) is 11.9 Å². The number of rotatable bonds is 5. The first-order chi connectivity index (χ1) is 7.88. The third-order valence-electron chi connectivity index (χ3n) is 3.77. The summed E-state index contributed by atoms with van der Waals surface area (Å²) in [6, 6.07) is 0.769. The van der Waals surface area contributed by atoms with Gasteiger partial charge >= 0.3 is 0 Å². The maximum absolute atomic E-state index is 3.72. The molecule has 94 valence electrons. The summed E-state index contributed by atoms with van der Waals surface area (Å²) in [6.45, 7) is 7.59. The normalized spacial score (nSPS) is 25.3. The topological polar surface area (TPSA) is 18.5 Å². The molecule has 1 N–H and O–H groups in total. The first kappa shape index (κ1) is 12.7. The monoisotopic (exact) mass is 243 g/mol. The zero-order valence-electron chi connectivity index (χ0n) is 10.5. The smallest absolute Gasteiger partial charge is 0.0107 e. The van der Waals surface area contributed by atoms with Gasteiger partial charge in [-0.05, 0) is 45.0 Å². The Hall–Kier alpha value is 0.230. The van der Waals surface area contributed by atoms with Gasteiger partial charge in [0.25, 0.3) is 0 Å². The van der Waals surface area contributed by atoms with Gasteiger partial charge in [0.15, 0.2) is 0 Å². The van der Waals surface area contributed by atoms with E-state index >= 15 is 0 Å². The fraction of sp³-hybridized carbons (Fsp3) is 1.00. The molecule has 2 rings (SSSR count). The molecular formula is C12H25N3S. The molecule has 0 radical (unpaired) electrons. The van der Waals surface area contributed by atoms with Gasteiger partial charge in [-0.15, -0.1) is 0 Å². The van der Waals surface area contributed by atoms with Gasteiger partial charge < -0.3 is 10.2 Å². The quantitative estimate of drug-likeness (QED) is 0.736. The Bertz CT molecular complexity index is 187. The summed E-state index contributed by atoms with van der Waals surface area (Å²) in [6.07, 6.45) is 7.64. The Morgan fingerprint density at radius 3 is 2.44 bits per heavy atom. The fourth-order valence-corrected chi connectivity index (χ4v) is 3.25. The highest BCUT2D eigenvalue weighted by Crippen LogP contribution is 2.16. The minimum Gasteiger partial charge on any atom is -0.313 e. The number of nitrogens with zero attached hydrogens (tertiary/aromatic N) is 2. The van der Waals surface area contributed by atoms with Crippen LogP contribution in [0.15, 0.2) is 0 Å². The SMILES string of the molecule is CSN1CCC(NCCN2CCCC2)CC1. The van der Waals surface area contributed by atoms with Gasteiger partial charge in [0, 0.05) is 32.2 Å². The highest BCUT2D eigenvalue weighted by atomic mass is 32.2. The zero-order valence-corrected chi connectivity index (χ0v) is 11.3. The lowest BCUT2D eigenvalue weighted by atomic mass is 10.1. The van der Waals surface area contributed by atoms with Crippen LogP contribution in [0.5, 0.6) is 0 Å². The number of nitrogens with one attached hydrogen (secondary N) is 1. The highest BCUT2D eigenvalue weighted by molar-refractivity contribution is 7.96. The number of likely N-dealkylation sites (tertiary alicyclic amines) is 1. The minimum atomic E-state index is 0.769. The van der Waals surface area contributed by atoms with Crippen LogP contribution in [0.3, 0.4) is 0 Å². The summed E-state index contributed by atoms with van der Waals surface area (Å²) in [7, 11) is 0. The molecule has 0 amide bonds. The molecule has 2 aliphatic rings. The zero-order chi connectivity index (χ0) is 11.2. The van der Waals surface area contributed by atoms with Crippen LogP contribution < -0.4 is 5.32 Å². The number of piperidine rings is 1. The van der Waals surface area contributed by atoms with Crippen LogP contribution in [-0.4, -0.2) is 60.8 Å². The second-order valence-electron chi connectivity index (χ2n) is 4.89. The van der Waals surface area contributed by atoms with Crippen molar-refractivity contribution in [1.82, 2.24) is 14.5 Å². The first-order valence-corrected chi connectivity index (χ1v) is 7.81. The minimum absolute atomic E-state index is 0.769. The lowest BCUT2D eigenvalue weighted by molar-refractivity contribution is 0.284. The average molecular weight is 243 g/mol. The van der Waals surface area contributed by atoms with Crippen molar-refractivity contribution in [3.05, 3.63) is 0 Å². The van der Waals surface area contributed by atoms with Crippen molar-refractivity contribution in [2.24, 2.45) is 0 Å². The average Bonchev–Trinajstić information content (AvgIpc) is 2.83. The summed E-state index contributed by atoms with van der Waals surface area (Å²) >= 11 is 1.89. The van der Waals surface area contributed by atoms with Crippen LogP contribution in [0.25, 0.3) is 0 Å². The summed E-state index contributed by atoms with van der Waals surface area (Å²) in [5.74, 6) is 0. The Kier molecular flexibility index (Phi) is 5.42. The van der Waals surface area contributed by atoms with Crippen molar-refractivity contribution in [2.75, 3.05) is 45.5 Å². The van der Waals surface area contributed by atoms with Gasteiger partial charge in [0.2, 0.25) is 0 Å². The Labute approximate surface area is 104 Å². The summed E-state index contributed by atoms with van der Waals surface area (Å²) in [4.78, 5) is 2.59. The van der Waals surface area contributed by atoms with Crippen LogP contribution in [0.2, 0.25) is 0 Å². The van der Waals surface area contributed by atoms with Crippen molar-refractivity contribution < 1.29 is 0 Å². The van der Waals surface area contributed by atoms with Crippen molar-refractivity contribution >= 4 is 11.9 Å². The molecule has 3 nitrogen and oxygen atoms in total. The van der Waals surface area contributed by atoms with E-state index in [9.17, 15) is 0 Å².